The average molecular weight is 180 g/mol. The van der Waals surface area contributed by atoms with Crippen molar-refractivity contribution in [2.24, 2.45) is 0 Å². The second kappa shape index (κ2) is 6.88. The number of rotatable bonds is 5. The first-order chi connectivity index (χ1) is 6.43. The summed E-state index contributed by atoms with van der Waals surface area (Å²) in [6.07, 6.45) is 14.4. The predicted molar refractivity (Wildman–Crippen MR) is 55.7 cm³/mol. The Bertz CT molecular complexity index is 162. The van der Waals surface area contributed by atoms with Gasteiger partial charge in [-0.05, 0) is 44.9 Å². The Hall–Kier alpha value is -0.590. The molecule has 1 saturated carbocycles. The van der Waals surface area contributed by atoms with Gasteiger partial charge in [0, 0.05) is 6.42 Å². The summed E-state index contributed by atoms with van der Waals surface area (Å²) >= 11 is 0. The van der Waals surface area contributed by atoms with Crippen molar-refractivity contribution in [1.82, 2.24) is 0 Å². The number of allylic oxidation sites excluding steroid dienone is 2. The third-order valence-electron chi connectivity index (χ3n) is 2.70. The summed E-state index contributed by atoms with van der Waals surface area (Å²) in [6.45, 7) is 0. The van der Waals surface area contributed by atoms with E-state index in [9.17, 15) is 4.79 Å². The van der Waals surface area contributed by atoms with Gasteiger partial charge in [0.1, 0.15) is 6.29 Å². The van der Waals surface area contributed by atoms with Crippen LogP contribution in [0.15, 0.2) is 11.6 Å². The van der Waals surface area contributed by atoms with Crippen LogP contribution >= 0.6 is 0 Å². The van der Waals surface area contributed by atoms with Gasteiger partial charge in [-0.2, -0.15) is 0 Å². The molecule has 0 aromatic carbocycles. The molecule has 1 rings (SSSR count). The van der Waals surface area contributed by atoms with Gasteiger partial charge in [-0.3, -0.25) is 0 Å². The van der Waals surface area contributed by atoms with Gasteiger partial charge in [0.25, 0.3) is 0 Å². The third kappa shape index (κ3) is 4.87. The zero-order chi connectivity index (χ0) is 9.36. The first-order valence-electron chi connectivity index (χ1n) is 5.55. The second-order valence-electron chi connectivity index (χ2n) is 3.87. The third-order valence-corrected chi connectivity index (χ3v) is 2.70. The maximum absolute atomic E-state index is 10.1. The van der Waals surface area contributed by atoms with Crippen LogP contribution in [0.3, 0.4) is 0 Å². The van der Waals surface area contributed by atoms with Gasteiger partial charge in [-0.15, -0.1) is 0 Å². The van der Waals surface area contributed by atoms with Crippen LogP contribution in [0.1, 0.15) is 57.8 Å². The topological polar surface area (TPSA) is 17.1 Å². The first kappa shape index (κ1) is 10.5. The highest BCUT2D eigenvalue weighted by Crippen LogP contribution is 2.23. The van der Waals surface area contributed by atoms with Crippen molar-refractivity contribution in [2.45, 2.75) is 57.8 Å². The normalized spacial score (nSPS) is 17.1. The van der Waals surface area contributed by atoms with Gasteiger partial charge in [0.05, 0.1) is 0 Å². The van der Waals surface area contributed by atoms with E-state index in [-0.39, 0.29) is 0 Å². The molecule has 1 heteroatoms. The summed E-state index contributed by atoms with van der Waals surface area (Å²) in [5.74, 6) is 0. The number of unbranched alkanes of at least 4 members (excludes halogenated alkanes) is 3. The molecule has 0 radical (unpaired) electrons. The molecule has 0 atom stereocenters. The number of carbonyl (C=O) groups excluding carboxylic acids is 1. The summed E-state index contributed by atoms with van der Waals surface area (Å²) in [5.41, 5.74) is 1.66. The molecular weight excluding hydrogens is 160 g/mol. The highest BCUT2D eigenvalue weighted by atomic mass is 16.1. The smallest absolute Gasteiger partial charge is 0.119 e. The molecule has 0 unspecified atom stereocenters. The predicted octanol–water partition coefficient (Wildman–Crippen LogP) is 3.64. The Morgan fingerprint density at radius 2 is 1.69 bits per heavy atom. The Balaban J connectivity index is 2.04. The minimum absolute atomic E-state index is 0.739. The molecule has 74 valence electrons. The number of aldehydes is 1. The lowest BCUT2D eigenvalue weighted by atomic mass is 9.94. The highest BCUT2D eigenvalue weighted by Gasteiger charge is 2.03. The fourth-order valence-electron chi connectivity index (χ4n) is 1.89. The zero-order valence-electron chi connectivity index (χ0n) is 8.43. The number of hydrogen-bond donors (Lipinski definition) is 0. The monoisotopic (exact) mass is 180 g/mol. The standard InChI is InChI=1S/C12H20O/c13-11-7-2-1-4-8-12-9-5-3-6-10-12/h8,11H,1-7,9-10H2. The molecule has 0 aromatic heterocycles. The first-order valence-corrected chi connectivity index (χ1v) is 5.55. The molecule has 0 aromatic rings. The largest absolute Gasteiger partial charge is 0.303 e. The van der Waals surface area contributed by atoms with Crippen LogP contribution in [0.5, 0.6) is 0 Å². The summed E-state index contributed by atoms with van der Waals surface area (Å²) in [4.78, 5) is 10.1. The van der Waals surface area contributed by atoms with Crippen LogP contribution in [0, 0.1) is 0 Å². The Morgan fingerprint density at radius 3 is 2.38 bits per heavy atom. The minimum Gasteiger partial charge on any atom is -0.303 e. The zero-order valence-corrected chi connectivity index (χ0v) is 8.43. The van der Waals surface area contributed by atoms with E-state index < -0.39 is 0 Å². The quantitative estimate of drug-likeness (QED) is 0.358. The summed E-state index contributed by atoms with van der Waals surface area (Å²) in [5, 5.41) is 0. The van der Waals surface area contributed by atoms with E-state index in [4.69, 9.17) is 0 Å². The van der Waals surface area contributed by atoms with Crippen LogP contribution in [-0.4, -0.2) is 6.29 Å². The number of hydrogen-bond acceptors (Lipinski definition) is 1. The van der Waals surface area contributed by atoms with Crippen LogP contribution in [-0.2, 0) is 4.79 Å². The van der Waals surface area contributed by atoms with Gasteiger partial charge < -0.3 is 4.79 Å². The molecule has 1 aliphatic rings. The van der Waals surface area contributed by atoms with Gasteiger partial charge in [0.2, 0.25) is 0 Å². The van der Waals surface area contributed by atoms with Gasteiger partial charge >= 0.3 is 0 Å². The summed E-state index contributed by atoms with van der Waals surface area (Å²) in [7, 11) is 0. The fourth-order valence-corrected chi connectivity index (χ4v) is 1.89. The molecule has 0 spiro atoms. The van der Waals surface area contributed by atoms with Crippen LogP contribution in [0.4, 0.5) is 0 Å². The molecule has 1 fully saturated rings. The Kier molecular flexibility index (Phi) is 5.55. The fraction of sp³-hybridized carbons (Fsp3) is 0.750. The molecule has 1 aliphatic carbocycles. The highest BCUT2D eigenvalue weighted by molar-refractivity contribution is 5.48. The average Bonchev–Trinajstić information content (AvgIpc) is 2.19. The van der Waals surface area contributed by atoms with Crippen molar-refractivity contribution in [3.05, 3.63) is 11.6 Å². The molecule has 1 nitrogen and oxygen atoms in total. The van der Waals surface area contributed by atoms with Gasteiger partial charge in [-0.25, -0.2) is 0 Å². The molecule has 0 heterocycles. The molecule has 0 bridgehead atoms. The lowest BCUT2D eigenvalue weighted by Crippen LogP contribution is -1.93. The summed E-state index contributed by atoms with van der Waals surface area (Å²) < 4.78 is 0. The molecule has 13 heavy (non-hydrogen) atoms. The molecule has 0 amide bonds. The molecular formula is C12H20O. The van der Waals surface area contributed by atoms with E-state index in [0.29, 0.717) is 0 Å². The van der Waals surface area contributed by atoms with E-state index >= 15 is 0 Å². The second-order valence-corrected chi connectivity index (χ2v) is 3.87. The van der Waals surface area contributed by atoms with Crippen molar-refractivity contribution in [2.75, 3.05) is 0 Å². The molecule has 0 aliphatic heterocycles. The van der Waals surface area contributed by atoms with E-state index in [1.54, 1.807) is 5.57 Å². The maximum atomic E-state index is 10.1. The van der Waals surface area contributed by atoms with Crippen LogP contribution in [0.2, 0.25) is 0 Å². The summed E-state index contributed by atoms with van der Waals surface area (Å²) in [6, 6.07) is 0. The Morgan fingerprint density at radius 1 is 1.00 bits per heavy atom. The van der Waals surface area contributed by atoms with Crippen molar-refractivity contribution < 1.29 is 4.79 Å². The lowest BCUT2D eigenvalue weighted by molar-refractivity contribution is -0.107. The van der Waals surface area contributed by atoms with E-state index in [1.807, 2.05) is 0 Å². The van der Waals surface area contributed by atoms with E-state index in [2.05, 4.69) is 6.08 Å². The Labute approximate surface area is 81.2 Å². The van der Waals surface area contributed by atoms with Crippen molar-refractivity contribution in [1.29, 1.82) is 0 Å². The van der Waals surface area contributed by atoms with Gasteiger partial charge in [-0.1, -0.05) is 18.1 Å². The minimum atomic E-state index is 0.739. The van der Waals surface area contributed by atoms with Crippen LogP contribution < -0.4 is 0 Å². The van der Waals surface area contributed by atoms with Crippen molar-refractivity contribution >= 4 is 6.29 Å². The van der Waals surface area contributed by atoms with Crippen molar-refractivity contribution in [3.63, 3.8) is 0 Å². The molecule has 0 saturated heterocycles. The van der Waals surface area contributed by atoms with Gasteiger partial charge in [0.15, 0.2) is 0 Å². The van der Waals surface area contributed by atoms with Crippen LogP contribution in [0.25, 0.3) is 0 Å². The maximum Gasteiger partial charge on any atom is 0.119 e. The molecule has 0 N–H and O–H groups in total. The van der Waals surface area contributed by atoms with Crippen molar-refractivity contribution in [3.8, 4) is 0 Å². The SMILES string of the molecule is O=CCCCCC=C1CCCCC1. The van der Waals surface area contributed by atoms with E-state index in [1.165, 1.54) is 44.9 Å². The van der Waals surface area contributed by atoms with E-state index in [0.717, 1.165) is 19.1 Å². The number of carbonyl (C=O) groups is 1. The lowest BCUT2D eigenvalue weighted by Gasteiger charge is -2.13.